The number of nitrogens with one attached hydrogen (secondary N) is 1. The number of nitrogen functional groups attached to an aromatic ring is 1. The third-order valence-electron chi connectivity index (χ3n) is 2.62. The lowest BCUT2D eigenvalue weighted by molar-refractivity contribution is -0.116. The minimum absolute atomic E-state index is 0.0955. The van der Waals surface area contributed by atoms with Gasteiger partial charge in [0.25, 0.3) is 0 Å². The molecule has 20 heavy (non-hydrogen) atoms. The van der Waals surface area contributed by atoms with Gasteiger partial charge in [-0.1, -0.05) is 12.1 Å². The van der Waals surface area contributed by atoms with Crippen LogP contribution in [0.15, 0.2) is 53.0 Å². The molecule has 0 atom stereocenters. The fourth-order valence-corrected chi connectivity index (χ4v) is 2.00. The molecule has 5 heteroatoms. The fraction of sp³-hybridized carbons (Fsp3) is 0.133. The summed E-state index contributed by atoms with van der Waals surface area (Å²) in [6.45, 7) is 0.323. The first-order valence-electron chi connectivity index (χ1n) is 6.18. The summed E-state index contributed by atoms with van der Waals surface area (Å²) in [5.41, 5.74) is 6.97. The quantitative estimate of drug-likeness (QED) is 0.823. The van der Waals surface area contributed by atoms with Gasteiger partial charge in [-0.15, -0.1) is 0 Å². The molecule has 0 radical (unpaired) electrons. The van der Waals surface area contributed by atoms with Gasteiger partial charge in [0.15, 0.2) is 0 Å². The van der Waals surface area contributed by atoms with Crippen molar-refractivity contribution in [3.63, 3.8) is 0 Å². The largest absolute Gasteiger partial charge is 0.492 e. The van der Waals surface area contributed by atoms with E-state index in [4.69, 9.17) is 10.5 Å². The number of carbonyl (C=O) groups excluding carboxylic acids is 1. The Morgan fingerprint density at radius 2 is 1.85 bits per heavy atom. The lowest BCUT2D eigenvalue weighted by Crippen LogP contribution is -2.15. The summed E-state index contributed by atoms with van der Waals surface area (Å²) in [6, 6.07) is 14.6. The number of anilines is 2. The molecule has 0 aliphatic carbocycles. The van der Waals surface area contributed by atoms with Gasteiger partial charge in [0.05, 0.1) is 17.5 Å². The second-order valence-corrected chi connectivity index (χ2v) is 5.05. The smallest absolute Gasteiger partial charge is 0.227 e. The summed E-state index contributed by atoms with van der Waals surface area (Å²) in [6.07, 6.45) is 0.283. The molecule has 104 valence electrons. The van der Waals surface area contributed by atoms with Gasteiger partial charge in [0.1, 0.15) is 5.75 Å². The number of benzene rings is 2. The third kappa shape index (κ3) is 4.28. The van der Waals surface area contributed by atoms with Crippen molar-refractivity contribution in [3.8, 4) is 5.75 Å². The van der Waals surface area contributed by atoms with Gasteiger partial charge >= 0.3 is 0 Å². The van der Waals surface area contributed by atoms with Crippen molar-refractivity contribution in [2.24, 2.45) is 0 Å². The molecule has 0 unspecified atom stereocenters. The number of carbonyl (C=O) groups is 1. The number of para-hydroxylation sites is 1. The molecular weight excluding hydrogens is 320 g/mol. The Morgan fingerprint density at radius 1 is 1.15 bits per heavy atom. The van der Waals surface area contributed by atoms with E-state index in [1.54, 1.807) is 24.3 Å². The van der Waals surface area contributed by atoms with Crippen LogP contribution in [-0.4, -0.2) is 12.5 Å². The van der Waals surface area contributed by atoms with Crippen LogP contribution in [0, 0.1) is 0 Å². The summed E-state index contributed by atoms with van der Waals surface area (Å²) in [5, 5.41) is 2.78. The molecule has 4 nitrogen and oxygen atoms in total. The summed E-state index contributed by atoms with van der Waals surface area (Å²) in [4.78, 5) is 11.7. The monoisotopic (exact) mass is 334 g/mol. The lowest BCUT2D eigenvalue weighted by Gasteiger charge is -2.08. The minimum Gasteiger partial charge on any atom is -0.492 e. The highest BCUT2D eigenvalue weighted by Gasteiger charge is 2.04. The normalized spacial score (nSPS) is 10.1. The highest BCUT2D eigenvalue weighted by molar-refractivity contribution is 9.10. The van der Waals surface area contributed by atoms with Crippen LogP contribution in [0.1, 0.15) is 6.42 Å². The van der Waals surface area contributed by atoms with E-state index in [0.29, 0.717) is 12.3 Å². The van der Waals surface area contributed by atoms with E-state index in [1.165, 1.54) is 0 Å². The first-order chi connectivity index (χ1) is 9.65. The Kier molecular flexibility index (Phi) is 5.01. The number of amides is 1. The molecule has 1 amide bonds. The molecule has 0 aliphatic heterocycles. The lowest BCUT2D eigenvalue weighted by atomic mass is 10.3. The predicted molar refractivity (Wildman–Crippen MR) is 83.7 cm³/mol. The number of rotatable bonds is 5. The second kappa shape index (κ2) is 6.96. The zero-order chi connectivity index (χ0) is 14.4. The summed E-state index contributed by atoms with van der Waals surface area (Å²) in [5.74, 6) is 0.634. The number of hydrogen-bond acceptors (Lipinski definition) is 3. The average Bonchev–Trinajstić information content (AvgIpc) is 2.43. The van der Waals surface area contributed by atoms with Crippen LogP contribution in [0.5, 0.6) is 5.75 Å². The van der Waals surface area contributed by atoms with Crippen molar-refractivity contribution in [1.29, 1.82) is 0 Å². The average molecular weight is 335 g/mol. The van der Waals surface area contributed by atoms with Crippen LogP contribution in [0.3, 0.4) is 0 Å². The van der Waals surface area contributed by atoms with Gasteiger partial charge < -0.3 is 15.8 Å². The second-order valence-electron chi connectivity index (χ2n) is 4.20. The predicted octanol–water partition coefficient (Wildman–Crippen LogP) is 3.44. The van der Waals surface area contributed by atoms with Crippen LogP contribution in [0.25, 0.3) is 0 Å². The molecule has 0 saturated heterocycles. The number of halogens is 1. The topological polar surface area (TPSA) is 64.3 Å². The van der Waals surface area contributed by atoms with E-state index < -0.39 is 0 Å². The maximum absolute atomic E-state index is 11.7. The number of nitrogens with two attached hydrogens (primary N) is 1. The van der Waals surface area contributed by atoms with E-state index in [2.05, 4.69) is 21.2 Å². The van der Waals surface area contributed by atoms with Crippen molar-refractivity contribution in [1.82, 2.24) is 0 Å². The molecule has 0 heterocycles. The molecule has 0 bridgehead atoms. The summed E-state index contributed by atoms with van der Waals surface area (Å²) in [7, 11) is 0. The molecule has 2 aromatic carbocycles. The van der Waals surface area contributed by atoms with Crippen molar-refractivity contribution in [3.05, 3.63) is 53.0 Å². The first-order valence-corrected chi connectivity index (χ1v) is 6.97. The molecule has 0 fully saturated rings. The van der Waals surface area contributed by atoms with E-state index in [-0.39, 0.29) is 12.3 Å². The maximum Gasteiger partial charge on any atom is 0.227 e. The van der Waals surface area contributed by atoms with Crippen LogP contribution in [0.4, 0.5) is 11.4 Å². The number of ether oxygens (including phenoxy) is 1. The molecule has 3 N–H and O–H groups in total. The Balaban J connectivity index is 1.78. The molecule has 0 spiro atoms. The Morgan fingerprint density at radius 3 is 2.55 bits per heavy atom. The van der Waals surface area contributed by atoms with Gasteiger partial charge in [0.2, 0.25) is 5.91 Å². The van der Waals surface area contributed by atoms with Gasteiger partial charge in [-0.2, -0.15) is 0 Å². The van der Waals surface area contributed by atoms with E-state index >= 15 is 0 Å². The molecular formula is C15H15BrN2O2. The minimum atomic E-state index is -0.0955. The van der Waals surface area contributed by atoms with E-state index in [1.807, 2.05) is 24.3 Å². The van der Waals surface area contributed by atoms with Gasteiger partial charge in [-0.25, -0.2) is 0 Å². The van der Waals surface area contributed by atoms with Crippen molar-refractivity contribution in [2.45, 2.75) is 6.42 Å². The third-order valence-corrected chi connectivity index (χ3v) is 3.27. The van der Waals surface area contributed by atoms with Crippen LogP contribution in [0.2, 0.25) is 0 Å². The van der Waals surface area contributed by atoms with E-state index in [9.17, 15) is 4.79 Å². The van der Waals surface area contributed by atoms with Crippen molar-refractivity contribution >= 4 is 33.2 Å². The molecule has 2 rings (SSSR count). The van der Waals surface area contributed by atoms with Crippen molar-refractivity contribution in [2.75, 3.05) is 17.7 Å². The highest BCUT2D eigenvalue weighted by Crippen LogP contribution is 2.23. The summed E-state index contributed by atoms with van der Waals surface area (Å²) >= 11 is 3.39. The van der Waals surface area contributed by atoms with E-state index in [0.717, 1.165) is 15.9 Å². The highest BCUT2D eigenvalue weighted by atomic mass is 79.9. The SMILES string of the molecule is Nc1ccc(NC(=O)CCOc2ccccc2Br)cc1. The van der Waals surface area contributed by atoms with Crippen molar-refractivity contribution < 1.29 is 9.53 Å². The molecule has 0 aliphatic rings. The number of hydrogen-bond donors (Lipinski definition) is 2. The Bertz CT molecular complexity index is 585. The first kappa shape index (κ1) is 14.4. The van der Waals surface area contributed by atoms with Gasteiger partial charge in [0, 0.05) is 11.4 Å². The van der Waals surface area contributed by atoms with Gasteiger partial charge in [-0.3, -0.25) is 4.79 Å². The fourth-order valence-electron chi connectivity index (χ4n) is 1.61. The van der Waals surface area contributed by atoms with Crippen LogP contribution in [-0.2, 0) is 4.79 Å². The van der Waals surface area contributed by atoms with Gasteiger partial charge in [-0.05, 0) is 52.3 Å². The van der Waals surface area contributed by atoms with Crippen LogP contribution < -0.4 is 15.8 Å². The molecule has 0 aromatic heterocycles. The standard InChI is InChI=1S/C15H15BrN2O2/c16-13-3-1-2-4-14(13)20-10-9-15(19)18-12-7-5-11(17)6-8-12/h1-8H,9-10,17H2,(H,18,19). The molecule has 2 aromatic rings. The zero-order valence-corrected chi connectivity index (χ0v) is 12.4. The zero-order valence-electron chi connectivity index (χ0n) is 10.8. The Hall–Kier alpha value is -2.01. The summed E-state index contributed by atoms with van der Waals surface area (Å²) < 4.78 is 6.41. The Labute approximate surface area is 126 Å². The maximum atomic E-state index is 11.7. The van der Waals surface area contributed by atoms with Crippen LogP contribution >= 0.6 is 15.9 Å². The molecule has 0 saturated carbocycles.